The number of aromatic nitrogens is 3. The number of anilines is 1. The van der Waals surface area contributed by atoms with Crippen molar-refractivity contribution in [3.8, 4) is 16.9 Å². The fraction of sp³-hybridized carbons (Fsp3) is 0.274. The maximum atomic E-state index is 12.8. The number of fused-ring (bicyclic) bond motifs is 4. The van der Waals surface area contributed by atoms with E-state index in [4.69, 9.17) is 10.3 Å². The van der Waals surface area contributed by atoms with Gasteiger partial charge >= 0.3 is 14.2 Å². The van der Waals surface area contributed by atoms with E-state index >= 15 is 0 Å². The van der Waals surface area contributed by atoms with E-state index in [9.17, 15) is 29.7 Å². The van der Waals surface area contributed by atoms with E-state index in [2.05, 4.69) is 182 Å². The first kappa shape index (κ1) is 66.0. The molecule has 0 spiro atoms. The quantitative estimate of drug-likeness (QED) is 0.0122. The van der Waals surface area contributed by atoms with Crippen molar-refractivity contribution >= 4 is 88.6 Å². The van der Waals surface area contributed by atoms with Crippen molar-refractivity contribution in [2.45, 2.75) is 86.2 Å². The van der Waals surface area contributed by atoms with Crippen molar-refractivity contribution in [2.75, 3.05) is 52.7 Å². The second-order valence-corrected chi connectivity index (χ2v) is 29.1. The van der Waals surface area contributed by atoms with E-state index in [0.29, 0.717) is 93.6 Å². The molecule has 90 heavy (non-hydrogen) atoms. The maximum Gasteiger partial charge on any atom is 0.488 e. The summed E-state index contributed by atoms with van der Waals surface area (Å²) in [6.07, 6.45) is 11.3. The van der Waals surface area contributed by atoms with Crippen LogP contribution in [0.15, 0.2) is 193 Å². The number of carbonyl (C=O) groups excluding carboxylic acids is 2. The van der Waals surface area contributed by atoms with Crippen molar-refractivity contribution in [3.05, 3.63) is 226 Å². The summed E-state index contributed by atoms with van der Waals surface area (Å²) in [7, 11) is 2.94. The zero-order chi connectivity index (χ0) is 63.3. The van der Waals surface area contributed by atoms with Gasteiger partial charge in [0.1, 0.15) is 27.9 Å². The van der Waals surface area contributed by atoms with Crippen LogP contribution in [0, 0.1) is 0 Å². The average molecular weight is 1220 g/mol. The first-order valence-electron chi connectivity index (χ1n) is 30.6. The summed E-state index contributed by atoms with van der Waals surface area (Å²) in [6.45, 7) is 19.4. The molecule has 0 radical (unpaired) electrons. The number of allylic oxidation sites excluding steroid dienone is 6. The van der Waals surface area contributed by atoms with Crippen LogP contribution in [0.3, 0.4) is 0 Å². The third-order valence-corrected chi connectivity index (χ3v) is 21.0. The number of nitrogens with zero attached hydrogens (tertiary/aromatic N) is 7. The summed E-state index contributed by atoms with van der Waals surface area (Å²) < 4.78 is 4.02. The van der Waals surface area contributed by atoms with Crippen LogP contribution < -0.4 is 26.3 Å². The molecule has 0 saturated carbocycles. The van der Waals surface area contributed by atoms with Gasteiger partial charge < -0.3 is 30.3 Å². The Balaban J connectivity index is 0.00000960. The van der Waals surface area contributed by atoms with Gasteiger partial charge in [-0.05, 0) is 163 Å². The van der Waals surface area contributed by atoms with Gasteiger partial charge in [-0.1, -0.05) is 148 Å². The molecule has 0 bridgehead atoms. The number of Topliss-reactive ketones (excluding diaryl/α,β-unsaturated/α-hetero) is 1. The summed E-state index contributed by atoms with van der Waals surface area (Å²) in [5, 5.41) is 61.8. The van der Waals surface area contributed by atoms with Gasteiger partial charge in [-0.25, -0.2) is 9.26 Å². The molecule has 1 aliphatic carbocycles. The number of ketones is 1. The van der Waals surface area contributed by atoms with Crippen LogP contribution in [0.2, 0.25) is 13.1 Å². The van der Waals surface area contributed by atoms with Crippen LogP contribution in [-0.4, -0.2) is 137 Å². The Bertz CT molecular complexity index is 4160. The monoisotopic (exact) mass is 1220 g/mol. The largest absolute Gasteiger partial charge is 0.488 e. The number of rotatable bonds is 25. The van der Waals surface area contributed by atoms with Crippen LogP contribution in [0.25, 0.3) is 44.1 Å². The zero-order valence-corrected chi connectivity index (χ0v) is 53.6. The van der Waals surface area contributed by atoms with Crippen LogP contribution in [0.5, 0.6) is 0 Å². The Labute approximate surface area is 532 Å². The van der Waals surface area contributed by atoms with Crippen molar-refractivity contribution in [1.29, 1.82) is 0 Å². The van der Waals surface area contributed by atoms with Gasteiger partial charge in [-0.2, -0.15) is 0 Å². The summed E-state index contributed by atoms with van der Waals surface area (Å²) >= 11 is 0. The maximum absolute atomic E-state index is 12.8. The standard InChI is InChI=1S/C72H80B2N8O6Si.CH4/c1-48(2)68(83)26-17-18-38-80(43-52-20-11-15-24-65(52)73(85)86)46-64-58-23-14-13-22-57(58)63(45-81(39-19-37-75-72(84)49(3)4)44-53-21-12-16-25-66(53)74(87)88)59-34-33-56(40-62(59)64)82-47-67(76-77-82)50-27-29-51(30-28-50)71-60-35-31-54(78(5)6)41-69(60)89(9,10)70-42-55(79(7)8)32-36-61(70)71;/h11-16,20-25,27-36,40-42,47,85-88H,1,3,17-19,26,37-39,43-46H2,2,4-10H3;1H4/p+1. The highest BCUT2D eigenvalue weighted by atomic mass is 28.3. The Morgan fingerprint density at radius 1 is 0.667 bits per heavy atom. The van der Waals surface area contributed by atoms with E-state index in [-0.39, 0.29) is 19.1 Å². The minimum Gasteiger partial charge on any atom is -0.423 e. The van der Waals surface area contributed by atoms with Crippen LogP contribution in [0.1, 0.15) is 80.3 Å². The van der Waals surface area contributed by atoms with Gasteiger partial charge in [0.25, 0.3) is 0 Å². The molecule has 462 valence electrons. The van der Waals surface area contributed by atoms with Crippen LogP contribution in [-0.2, 0) is 35.8 Å². The smallest absolute Gasteiger partial charge is 0.423 e. The van der Waals surface area contributed by atoms with E-state index in [1.54, 1.807) is 32.0 Å². The highest BCUT2D eigenvalue weighted by Gasteiger charge is 2.40. The van der Waals surface area contributed by atoms with Gasteiger partial charge in [0.2, 0.25) is 5.91 Å². The van der Waals surface area contributed by atoms with E-state index < -0.39 is 22.3 Å². The molecule has 1 amide bonds. The fourth-order valence-corrected chi connectivity index (χ4v) is 15.6. The average Bonchev–Trinajstić information content (AvgIpc) is 0.763. The van der Waals surface area contributed by atoms with Crippen molar-refractivity contribution < 1.29 is 34.3 Å². The SMILES string of the molecule is C.C=C(C)C(=O)CCCCN(Cc1ccccc1B(O)O)Cc1c2ccccc2c(CN(CCCNC(=O)C(=C)C)Cc2ccccc2B(O)O)c2ccc(-n3cc(-c4ccc(C5=C6C=CC(=[N+](C)C)C=C6[Si](C)(C)c6cc(N(C)C)ccc65)cc4)nn3)cc12. The normalized spacial score (nSPS) is 13.3. The third-order valence-electron chi connectivity index (χ3n) is 17.5. The minimum atomic E-state index is -2.13. The first-order valence-corrected chi connectivity index (χ1v) is 33.6. The Morgan fingerprint density at radius 2 is 1.24 bits per heavy atom. The molecule has 14 nitrogen and oxygen atoms in total. The molecule has 0 fully saturated rings. The fourth-order valence-electron chi connectivity index (χ4n) is 12.6. The zero-order valence-electron chi connectivity index (χ0n) is 52.6. The number of nitrogens with one attached hydrogen (secondary N) is 1. The number of carbonyl (C=O) groups is 2. The van der Waals surface area contributed by atoms with Gasteiger partial charge in [-0.3, -0.25) is 19.4 Å². The summed E-state index contributed by atoms with van der Waals surface area (Å²) in [4.78, 5) is 32.2. The first-order chi connectivity index (χ1) is 42.7. The molecule has 0 atom stereocenters. The molecule has 2 heterocycles. The highest BCUT2D eigenvalue weighted by Crippen LogP contribution is 2.43. The number of hydrogen-bond donors (Lipinski definition) is 5. The Hall–Kier alpha value is -8.38. The summed E-state index contributed by atoms with van der Waals surface area (Å²) in [6, 6.07) is 45.3. The lowest BCUT2D eigenvalue weighted by Gasteiger charge is -2.38. The van der Waals surface area contributed by atoms with E-state index in [1.165, 1.54) is 38.5 Å². The molecule has 0 saturated heterocycles. The Kier molecular flexibility index (Phi) is 21.0. The second kappa shape index (κ2) is 28.6. The summed E-state index contributed by atoms with van der Waals surface area (Å²) in [5.74, 6) is -0.161. The predicted octanol–water partition coefficient (Wildman–Crippen LogP) is 9.18. The van der Waals surface area contributed by atoms with E-state index in [1.807, 2.05) is 41.2 Å². The summed E-state index contributed by atoms with van der Waals surface area (Å²) in [5.41, 5.74) is 15.2. The van der Waals surface area contributed by atoms with Crippen LogP contribution >= 0.6 is 0 Å². The highest BCUT2D eigenvalue weighted by molar-refractivity contribution is 6.98. The van der Waals surface area contributed by atoms with Gasteiger partial charge in [0.05, 0.1) is 11.9 Å². The lowest BCUT2D eigenvalue weighted by molar-refractivity contribution is -0.462. The number of unbranched alkanes of at least 4 members (excludes halogenated alkanes) is 1. The number of benzene rings is 7. The molecule has 8 aromatic rings. The van der Waals surface area contributed by atoms with E-state index in [0.717, 1.165) is 66.3 Å². The van der Waals surface area contributed by atoms with Crippen molar-refractivity contribution in [1.82, 2.24) is 30.1 Å². The predicted molar refractivity (Wildman–Crippen MR) is 374 cm³/mol. The second-order valence-electron chi connectivity index (χ2n) is 24.7. The molecule has 5 N–H and O–H groups in total. The van der Waals surface area contributed by atoms with Gasteiger partial charge in [0.15, 0.2) is 11.5 Å². The molecular formula is C73H85B2N8O6Si+. The van der Waals surface area contributed by atoms with Crippen LogP contribution in [0.4, 0.5) is 5.69 Å². The number of hydrogen-bond acceptors (Lipinski definition) is 11. The molecule has 1 aliphatic heterocycles. The molecule has 7 aromatic carbocycles. The third kappa shape index (κ3) is 14.4. The Morgan fingerprint density at radius 3 is 1.83 bits per heavy atom. The molecular weight excluding hydrogens is 1130 g/mol. The lowest BCUT2D eigenvalue weighted by Crippen LogP contribution is -2.49. The van der Waals surface area contributed by atoms with Crippen molar-refractivity contribution in [3.63, 3.8) is 0 Å². The van der Waals surface area contributed by atoms with Crippen molar-refractivity contribution in [2.24, 2.45) is 0 Å². The minimum absolute atomic E-state index is 0. The molecule has 1 aromatic heterocycles. The van der Waals surface area contributed by atoms with Gasteiger partial charge in [-0.15, -0.1) is 5.10 Å². The molecule has 2 aliphatic rings. The van der Waals surface area contributed by atoms with Gasteiger partial charge in [0, 0.05) is 88.8 Å². The lowest BCUT2D eigenvalue weighted by atomic mass is 9.77. The molecule has 0 unspecified atom stereocenters. The number of amides is 1. The molecule has 10 rings (SSSR count). The molecule has 17 heteroatoms. The topological polar surface area (TPSA) is 171 Å².